The topological polar surface area (TPSA) is 40.5 Å². The van der Waals surface area contributed by atoms with Gasteiger partial charge in [0.25, 0.3) is 0 Å². The molecule has 0 spiro atoms. The Kier molecular flexibility index (Phi) is 6.54. The van der Waals surface area contributed by atoms with E-state index in [1.807, 2.05) is 24.3 Å². The predicted octanol–water partition coefficient (Wildman–Crippen LogP) is 6.94. The molecule has 3 aromatic carbocycles. The summed E-state index contributed by atoms with van der Waals surface area (Å²) in [4.78, 5) is 0. The average Bonchev–Trinajstić information content (AvgIpc) is 2.69. The van der Waals surface area contributed by atoms with Crippen molar-refractivity contribution in [3.63, 3.8) is 0 Å². The van der Waals surface area contributed by atoms with Crippen LogP contribution in [0.25, 0.3) is 22.3 Å². The van der Waals surface area contributed by atoms with Gasteiger partial charge in [-0.25, -0.2) is 0 Å². The fourth-order valence-corrected chi connectivity index (χ4v) is 3.48. The van der Waals surface area contributed by atoms with Crippen LogP contribution in [0.2, 0.25) is 0 Å². The Morgan fingerprint density at radius 1 is 0.593 bits per heavy atom. The smallest absolute Gasteiger partial charge is 0.115 e. The zero-order valence-electron chi connectivity index (χ0n) is 16.0. The fourth-order valence-electron chi connectivity index (χ4n) is 3.48. The predicted molar refractivity (Wildman–Crippen MR) is 113 cm³/mol. The molecule has 0 aromatic heterocycles. The van der Waals surface area contributed by atoms with Crippen molar-refractivity contribution in [1.82, 2.24) is 0 Å². The monoisotopic (exact) mass is 360 g/mol. The molecule has 27 heavy (non-hydrogen) atoms. The van der Waals surface area contributed by atoms with Crippen LogP contribution in [-0.4, -0.2) is 10.2 Å². The molecule has 0 amide bonds. The second kappa shape index (κ2) is 9.27. The third kappa shape index (κ3) is 5.13. The van der Waals surface area contributed by atoms with Gasteiger partial charge in [0, 0.05) is 0 Å². The largest absolute Gasteiger partial charge is 0.508 e. The van der Waals surface area contributed by atoms with Gasteiger partial charge < -0.3 is 10.2 Å². The minimum Gasteiger partial charge on any atom is -0.508 e. The van der Waals surface area contributed by atoms with Crippen molar-refractivity contribution in [3.8, 4) is 33.8 Å². The van der Waals surface area contributed by atoms with E-state index in [9.17, 15) is 10.2 Å². The Morgan fingerprint density at radius 2 is 1.15 bits per heavy atom. The highest BCUT2D eigenvalue weighted by atomic mass is 16.3. The van der Waals surface area contributed by atoms with Crippen molar-refractivity contribution in [2.24, 2.45) is 0 Å². The lowest BCUT2D eigenvalue weighted by atomic mass is 9.92. The normalized spacial score (nSPS) is 10.9. The molecule has 140 valence electrons. The van der Waals surface area contributed by atoms with Gasteiger partial charge >= 0.3 is 0 Å². The number of phenols is 2. The van der Waals surface area contributed by atoms with Crippen molar-refractivity contribution in [1.29, 1.82) is 0 Å². The third-order valence-electron chi connectivity index (χ3n) is 5.03. The van der Waals surface area contributed by atoms with E-state index in [2.05, 4.69) is 25.1 Å². The number of phenolic OH excluding ortho intramolecular Hbond substituents is 2. The molecule has 0 heterocycles. The Bertz CT molecular complexity index is 848. The average molecular weight is 360 g/mol. The van der Waals surface area contributed by atoms with E-state index in [4.69, 9.17) is 0 Å². The SMILES string of the molecule is CCCCCCCc1cc(-c2ccc(O)cc2)ccc1-c1ccc(O)cc1. The second-order valence-corrected chi connectivity index (χ2v) is 7.13. The zero-order chi connectivity index (χ0) is 19.1. The molecule has 0 aliphatic heterocycles. The van der Waals surface area contributed by atoms with E-state index in [-0.39, 0.29) is 5.75 Å². The van der Waals surface area contributed by atoms with Gasteiger partial charge in [0.15, 0.2) is 0 Å². The molecule has 3 rings (SSSR count). The van der Waals surface area contributed by atoms with Gasteiger partial charge in [0.2, 0.25) is 0 Å². The molecular weight excluding hydrogens is 332 g/mol. The zero-order valence-corrected chi connectivity index (χ0v) is 16.0. The lowest BCUT2D eigenvalue weighted by Gasteiger charge is -2.13. The van der Waals surface area contributed by atoms with Gasteiger partial charge in [-0.3, -0.25) is 0 Å². The van der Waals surface area contributed by atoms with Gasteiger partial charge in [0.05, 0.1) is 0 Å². The molecule has 0 aliphatic carbocycles. The highest BCUT2D eigenvalue weighted by Crippen LogP contribution is 2.31. The summed E-state index contributed by atoms with van der Waals surface area (Å²) < 4.78 is 0. The van der Waals surface area contributed by atoms with E-state index in [1.165, 1.54) is 48.8 Å². The van der Waals surface area contributed by atoms with E-state index in [0.717, 1.165) is 17.5 Å². The standard InChI is InChI=1S/C25H28O2/c1-2-3-4-5-6-7-22-18-21(19-8-13-23(26)14-9-19)12-17-25(22)20-10-15-24(27)16-11-20/h8-18,26-27H,2-7H2,1H3. The highest BCUT2D eigenvalue weighted by Gasteiger charge is 2.08. The molecule has 0 saturated heterocycles. The van der Waals surface area contributed by atoms with Crippen LogP contribution < -0.4 is 0 Å². The molecule has 2 heteroatoms. The highest BCUT2D eigenvalue weighted by molar-refractivity contribution is 5.74. The molecule has 2 N–H and O–H groups in total. The molecule has 0 radical (unpaired) electrons. The van der Waals surface area contributed by atoms with Gasteiger partial charge in [-0.05, 0) is 64.9 Å². The van der Waals surface area contributed by atoms with Gasteiger partial charge in [0.1, 0.15) is 11.5 Å². The molecule has 0 bridgehead atoms. The summed E-state index contributed by atoms with van der Waals surface area (Å²) >= 11 is 0. The molecule has 3 aromatic rings. The maximum absolute atomic E-state index is 9.59. The fraction of sp³-hybridized carbons (Fsp3) is 0.280. The van der Waals surface area contributed by atoms with Crippen LogP contribution in [0.4, 0.5) is 0 Å². The second-order valence-electron chi connectivity index (χ2n) is 7.13. The number of unbranched alkanes of at least 4 members (excludes halogenated alkanes) is 4. The summed E-state index contributed by atoms with van der Waals surface area (Å²) in [6.45, 7) is 2.24. The first-order chi connectivity index (χ1) is 13.2. The van der Waals surface area contributed by atoms with Crippen molar-refractivity contribution in [2.45, 2.75) is 45.4 Å². The van der Waals surface area contributed by atoms with Crippen LogP contribution in [0.5, 0.6) is 11.5 Å². The molecule has 0 fully saturated rings. The summed E-state index contributed by atoms with van der Waals surface area (Å²) in [6, 6.07) is 21.4. The lowest BCUT2D eigenvalue weighted by molar-refractivity contribution is 0.475. The molecule has 2 nitrogen and oxygen atoms in total. The third-order valence-corrected chi connectivity index (χ3v) is 5.03. The molecular formula is C25H28O2. The molecule has 0 aliphatic rings. The van der Waals surface area contributed by atoms with E-state index in [0.29, 0.717) is 5.75 Å². The lowest BCUT2D eigenvalue weighted by Crippen LogP contribution is -1.93. The number of hydrogen-bond donors (Lipinski definition) is 2. The van der Waals surface area contributed by atoms with Crippen molar-refractivity contribution in [3.05, 3.63) is 72.3 Å². The maximum atomic E-state index is 9.59. The first-order valence-corrected chi connectivity index (χ1v) is 9.89. The quantitative estimate of drug-likeness (QED) is 0.427. The van der Waals surface area contributed by atoms with Crippen LogP contribution in [-0.2, 0) is 6.42 Å². The van der Waals surface area contributed by atoms with Gasteiger partial charge in [-0.1, -0.05) is 75.1 Å². The van der Waals surface area contributed by atoms with Crippen molar-refractivity contribution >= 4 is 0 Å². The van der Waals surface area contributed by atoms with Crippen molar-refractivity contribution in [2.75, 3.05) is 0 Å². The maximum Gasteiger partial charge on any atom is 0.115 e. The minimum atomic E-state index is 0.288. The van der Waals surface area contributed by atoms with Crippen LogP contribution >= 0.6 is 0 Å². The van der Waals surface area contributed by atoms with Gasteiger partial charge in [-0.2, -0.15) is 0 Å². The Balaban J connectivity index is 1.89. The van der Waals surface area contributed by atoms with E-state index < -0.39 is 0 Å². The van der Waals surface area contributed by atoms with Crippen molar-refractivity contribution < 1.29 is 10.2 Å². The van der Waals surface area contributed by atoms with Crippen LogP contribution in [0.3, 0.4) is 0 Å². The first-order valence-electron chi connectivity index (χ1n) is 9.89. The summed E-state index contributed by atoms with van der Waals surface area (Å²) in [5.41, 5.74) is 5.97. The first kappa shape index (κ1) is 19.0. The number of aromatic hydroxyl groups is 2. The number of hydrogen-bond acceptors (Lipinski definition) is 2. The van der Waals surface area contributed by atoms with Crippen LogP contribution in [0, 0.1) is 0 Å². The number of benzene rings is 3. The summed E-state index contributed by atoms with van der Waals surface area (Å²) in [5, 5.41) is 19.1. The van der Waals surface area contributed by atoms with Crippen LogP contribution in [0.15, 0.2) is 66.7 Å². The Hall–Kier alpha value is -2.74. The Morgan fingerprint density at radius 3 is 1.78 bits per heavy atom. The van der Waals surface area contributed by atoms with E-state index in [1.54, 1.807) is 24.3 Å². The number of rotatable bonds is 8. The summed E-state index contributed by atoms with van der Waals surface area (Å²) in [6.07, 6.45) is 7.35. The summed E-state index contributed by atoms with van der Waals surface area (Å²) in [7, 11) is 0. The van der Waals surface area contributed by atoms with E-state index >= 15 is 0 Å². The molecule has 0 unspecified atom stereocenters. The van der Waals surface area contributed by atoms with Gasteiger partial charge in [-0.15, -0.1) is 0 Å². The number of aryl methyl sites for hydroxylation is 1. The molecule has 0 atom stereocenters. The molecule has 0 saturated carbocycles. The summed E-state index contributed by atoms with van der Waals surface area (Å²) in [5.74, 6) is 0.580. The Labute approximate surface area is 162 Å². The van der Waals surface area contributed by atoms with Crippen LogP contribution in [0.1, 0.15) is 44.6 Å². The minimum absolute atomic E-state index is 0.288.